The molecule has 2 N–H and O–H groups in total. The van der Waals surface area contributed by atoms with Gasteiger partial charge in [0.2, 0.25) is 5.95 Å². The number of hydrogen-bond donors (Lipinski definition) is 2. The van der Waals surface area contributed by atoms with Gasteiger partial charge < -0.3 is 10.6 Å². The largest absolute Gasteiger partial charge is 0.368 e. The summed E-state index contributed by atoms with van der Waals surface area (Å²) >= 11 is 0. The molecule has 1 aromatic carbocycles. The Morgan fingerprint density at radius 1 is 1.05 bits per heavy atom. The minimum atomic E-state index is 0.349. The van der Waals surface area contributed by atoms with E-state index in [1.54, 1.807) is 6.20 Å². The summed E-state index contributed by atoms with van der Waals surface area (Å²) in [5.41, 5.74) is 3.73. The number of aryl methyl sites for hydroxylation is 2. The molecular formula is C17H24N4. The van der Waals surface area contributed by atoms with Crippen LogP contribution in [0.3, 0.4) is 0 Å². The average Bonchev–Trinajstić information content (AvgIpc) is 2.47. The van der Waals surface area contributed by atoms with Crippen LogP contribution in [0.2, 0.25) is 0 Å². The molecule has 0 saturated heterocycles. The first kappa shape index (κ1) is 15.3. The molecule has 21 heavy (non-hydrogen) atoms. The lowest BCUT2D eigenvalue weighted by Gasteiger charge is -2.15. The van der Waals surface area contributed by atoms with Crippen molar-refractivity contribution in [2.24, 2.45) is 0 Å². The summed E-state index contributed by atoms with van der Waals surface area (Å²) in [7, 11) is 0. The van der Waals surface area contributed by atoms with E-state index in [1.165, 1.54) is 11.1 Å². The van der Waals surface area contributed by atoms with E-state index in [0.29, 0.717) is 12.0 Å². The molecule has 0 bridgehead atoms. The topological polar surface area (TPSA) is 49.8 Å². The van der Waals surface area contributed by atoms with Gasteiger partial charge in [0.15, 0.2) is 0 Å². The molecule has 2 aromatic rings. The summed E-state index contributed by atoms with van der Waals surface area (Å²) in [6.07, 6.45) is 3.75. The van der Waals surface area contributed by atoms with Crippen LogP contribution in [0.15, 0.2) is 30.5 Å². The predicted octanol–water partition coefficient (Wildman–Crippen LogP) is 4.17. The monoisotopic (exact) mass is 284 g/mol. The highest BCUT2D eigenvalue weighted by atomic mass is 15.1. The normalized spacial score (nSPS) is 10.7. The van der Waals surface area contributed by atoms with Crippen LogP contribution in [-0.4, -0.2) is 16.0 Å². The van der Waals surface area contributed by atoms with E-state index in [0.717, 1.165) is 24.3 Å². The Morgan fingerprint density at radius 3 is 2.29 bits per heavy atom. The Balaban J connectivity index is 2.29. The van der Waals surface area contributed by atoms with Gasteiger partial charge >= 0.3 is 0 Å². The molecule has 4 nitrogen and oxygen atoms in total. The van der Waals surface area contributed by atoms with Crippen LogP contribution in [0, 0.1) is 0 Å². The third-order valence-corrected chi connectivity index (χ3v) is 3.33. The Morgan fingerprint density at radius 2 is 1.71 bits per heavy atom. The standard InChI is InChI=1S/C17H24N4/c1-5-13-8-7-9-14(6-2)16(13)21-17-18-11-10-15(20-17)19-12(3)4/h7-12H,5-6H2,1-4H3,(H2,18,19,20,21). The highest BCUT2D eigenvalue weighted by Crippen LogP contribution is 2.25. The van der Waals surface area contributed by atoms with Gasteiger partial charge in [0.1, 0.15) is 5.82 Å². The van der Waals surface area contributed by atoms with Crippen LogP contribution >= 0.6 is 0 Å². The number of anilines is 3. The maximum absolute atomic E-state index is 4.53. The molecule has 0 saturated carbocycles. The van der Waals surface area contributed by atoms with Crippen molar-refractivity contribution < 1.29 is 0 Å². The van der Waals surface area contributed by atoms with Gasteiger partial charge in [-0.25, -0.2) is 4.98 Å². The van der Waals surface area contributed by atoms with Gasteiger partial charge in [-0.15, -0.1) is 0 Å². The van der Waals surface area contributed by atoms with Crippen molar-refractivity contribution in [2.75, 3.05) is 10.6 Å². The second kappa shape index (κ2) is 7.07. The Kier molecular flexibility index (Phi) is 5.14. The van der Waals surface area contributed by atoms with E-state index in [4.69, 9.17) is 0 Å². The zero-order chi connectivity index (χ0) is 15.2. The first-order valence-corrected chi connectivity index (χ1v) is 7.61. The quantitative estimate of drug-likeness (QED) is 0.836. The van der Waals surface area contributed by atoms with E-state index in [-0.39, 0.29) is 0 Å². The Labute approximate surface area is 127 Å². The summed E-state index contributed by atoms with van der Waals surface area (Å²) in [6, 6.07) is 8.65. The van der Waals surface area contributed by atoms with E-state index in [9.17, 15) is 0 Å². The molecule has 0 radical (unpaired) electrons. The predicted molar refractivity (Wildman–Crippen MR) is 89.3 cm³/mol. The van der Waals surface area contributed by atoms with Gasteiger partial charge in [-0.1, -0.05) is 32.0 Å². The minimum absolute atomic E-state index is 0.349. The molecule has 0 unspecified atom stereocenters. The maximum atomic E-state index is 4.53. The molecule has 0 spiro atoms. The van der Waals surface area contributed by atoms with Crippen LogP contribution in [0.4, 0.5) is 17.5 Å². The highest BCUT2D eigenvalue weighted by molar-refractivity contribution is 5.64. The summed E-state index contributed by atoms with van der Waals surface area (Å²) in [6.45, 7) is 8.52. The molecule has 0 fully saturated rings. The molecule has 0 amide bonds. The number of aromatic nitrogens is 2. The number of nitrogens with one attached hydrogen (secondary N) is 2. The van der Waals surface area contributed by atoms with Crippen LogP contribution in [0.25, 0.3) is 0 Å². The molecule has 112 valence electrons. The molecular weight excluding hydrogens is 260 g/mol. The molecule has 0 aliphatic heterocycles. The van der Waals surface area contributed by atoms with Gasteiger partial charge in [0, 0.05) is 17.9 Å². The third kappa shape index (κ3) is 3.94. The minimum Gasteiger partial charge on any atom is -0.368 e. The van der Waals surface area contributed by atoms with Gasteiger partial charge in [-0.3, -0.25) is 0 Å². The van der Waals surface area contributed by atoms with Crippen molar-refractivity contribution in [1.82, 2.24) is 9.97 Å². The first-order valence-electron chi connectivity index (χ1n) is 7.61. The summed E-state index contributed by atoms with van der Waals surface area (Å²) in [4.78, 5) is 8.86. The molecule has 1 aromatic heterocycles. The van der Waals surface area contributed by atoms with Gasteiger partial charge in [0.05, 0.1) is 0 Å². The fraction of sp³-hybridized carbons (Fsp3) is 0.412. The van der Waals surface area contributed by atoms with E-state index < -0.39 is 0 Å². The van der Waals surface area contributed by atoms with E-state index >= 15 is 0 Å². The lowest BCUT2D eigenvalue weighted by molar-refractivity contribution is 0.887. The number of rotatable bonds is 6. The van der Waals surface area contributed by atoms with Gasteiger partial charge in [-0.05, 0) is 43.9 Å². The van der Waals surface area contributed by atoms with Crippen molar-refractivity contribution in [3.63, 3.8) is 0 Å². The van der Waals surface area contributed by atoms with Gasteiger partial charge in [0.25, 0.3) is 0 Å². The van der Waals surface area contributed by atoms with E-state index in [2.05, 4.69) is 66.5 Å². The van der Waals surface area contributed by atoms with Crippen LogP contribution in [-0.2, 0) is 12.8 Å². The zero-order valence-corrected chi connectivity index (χ0v) is 13.3. The van der Waals surface area contributed by atoms with Gasteiger partial charge in [-0.2, -0.15) is 4.98 Å². The SMILES string of the molecule is CCc1cccc(CC)c1Nc1nccc(NC(C)C)n1. The number of nitrogens with zero attached hydrogens (tertiary/aromatic N) is 2. The van der Waals surface area contributed by atoms with Crippen molar-refractivity contribution in [1.29, 1.82) is 0 Å². The second-order valence-electron chi connectivity index (χ2n) is 5.35. The van der Waals surface area contributed by atoms with Crippen LogP contribution in [0.1, 0.15) is 38.8 Å². The van der Waals surface area contributed by atoms with Crippen LogP contribution < -0.4 is 10.6 Å². The van der Waals surface area contributed by atoms with Crippen molar-refractivity contribution in [3.8, 4) is 0 Å². The maximum Gasteiger partial charge on any atom is 0.229 e. The molecule has 1 heterocycles. The Hall–Kier alpha value is -2.10. The number of para-hydroxylation sites is 1. The lowest BCUT2D eigenvalue weighted by atomic mass is 10.0. The first-order chi connectivity index (χ1) is 10.1. The zero-order valence-electron chi connectivity index (χ0n) is 13.3. The van der Waals surface area contributed by atoms with E-state index in [1.807, 2.05) is 6.07 Å². The molecule has 4 heteroatoms. The number of benzene rings is 1. The van der Waals surface area contributed by atoms with Crippen molar-refractivity contribution >= 4 is 17.5 Å². The molecule has 0 aliphatic carbocycles. The fourth-order valence-corrected chi connectivity index (χ4v) is 2.31. The van der Waals surface area contributed by atoms with Crippen molar-refractivity contribution in [3.05, 3.63) is 41.6 Å². The highest BCUT2D eigenvalue weighted by Gasteiger charge is 2.08. The molecule has 0 aliphatic rings. The lowest BCUT2D eigenvalue weighted by Crippen LogP contribution is -2.12. The molecule has 2 rings (SSSR count). The average molecular weight is 284 g/mol. The second-order valence-corrected chi connectivity index (χ2v) is 5.35. The van der Waals surface area contributed by atoms with Crippen molar-refractivity contribution in [2.45, 2.75) is 46.6 Å². The Bertz CT molecular complexity index is 571. The fourth-order valence-electron chi connectivity index (χ4n) is 2.31. The number of hydrogen-bond acceptors (Lipinski definition) is 4. The van der Waals surface area contributed by atoms with Crippen LogP contribution in [0.5, 0.6) is 0 Å². The smallest absolute Gasteiger partial charge is 0.229 e. The molecule has 0 atom stereocenters. The summed E-state index contributed by atoms with van der Waals surface area (Å²) in [5, 5.41) is 6.69. The summed E-state index contributed by atoms with van der Waals surface area (Å²) < 4.78 is 0. The summed E-state index contributed by atoms with van der Waals surface area (Å²) in [5.74, 6) is 1.48. The third-order valence-electron chi connectivity index (χ3n) is 3.33.